The number of amides is 1. The maximum absolute atomic E-state index is 12.4. The van der Waals surface area contributed by atoms with Crippen LogP contribution in [0.15, 0.2) is 47.3 Å². The summed E-state index contributed by atoms with van der Waals surface area (Å²) in [6, 6.07) is 13.1. The van der Waals surface area contributed by atoms with Gasteiger partial charge in [-0.25, -0.2) is 4.79 Å². The van der Waals surface area contributed by atoms with Gasteiger partial charge in [-0.15, -0.1) is 0 Å². The van der Waals surface area contributed by atoms with Gasteiger partial charge in [-0.2, -0.15) is 0 Å². The van der Waals surface area contributed by atoms with Crippen LogP contribution in [0, 0.1) is 0 Å². The van der Waals surface area contributed by atoms with Crippen LogP contribution < -0.4 is 15.9 Å². The van der Waals surface area contributed by atoms with Gasteiger partial charge in [0.1, 0.15) is 0 Å². The van der Waals surface area contributed by atoms with Crippen molar-refractivity contribution in [3.05, 3.63) is 58.0 Å². The number of aromatic amines is 2. The van der Waals surface area contributed by atoms with Crippen molar-refractivity contribution in [1.82, 2.24) is 14.9 Å². The molecule has 1 aromatic heterocycles. The van der Waals surface area contributed by atoms with Crippen LogP contribution >= 0.6 is 11.6 Å². The highest BCUT2D eigenvalue weighted by Crippen LogP contribution is 2.26. The molecule has 140 valence electrons. The van der Waals surface area contributed by atoms with E-state index in [9.17, 15) is 9.59 Å². The molecule has 2 aromatic carbocycles. The van der Waals surface area contributed by atoms with Crippen molar-refractivity contribution in [3.63, 3.8) is 0 Å². The monoisotopic (exact) mass is 385 g/mol. The van der Waals surface area contributed by atoms with Crippen molar-refractivity contribution in [1.29, 1.82) is 0 Å². The average molecular weight is 386 g/mol. The first-order chi connectivity index (χ1) is 13.1. The molecule has 0 spiro atoms. The molecule has 0 aliphatic carbocycles. The van der Waals surface area contributed by atoms with Gasteiger partial charge in [0.15, 0.2) is 0 Å². The van der Waals surface area contributed by atoms with Crippen LogP contribution in [0.2, 0.25) is 5.02 Å². The molecule has 8 heteroatoms. The Hall–Kier alpha value is -2.77. The summed E-state index contributed by atoms with van der Waals surface area (Å²) in [4.78, 5) is 33.4. The van der Waals surface area contributed by atoms with Crippen molar-refractivity contribution >= 4 is 39.9 Å². The topological polar surface area (TPSA) is 84.2 Å². The van der Waals surface area contributed by atoms with Crippen molar-refractivity contribution in [2.75, 3.05) is 42.9 Å². The van der Waals surface area contributed by atoms with E-state index in [-0.39, 0.29) is 11.6 Å². The number of anilines is 2. The number of hydrogen-bond acceptors (Lipinski definition) is 4. The predicted octanol–water partition coefficient (Wildman–Crippen LogP) is 2.27. The summed E-state index contributed by atoms with van der Waals surface area (Å²) in [5.74, 6) is -0.0709. The zero-order chi connectivity index (χ0) is 18.8. The highest BCUT2D eigenvalue weighted by Gasteiger charge is 2.20. The predicted molar refractivity (Wildman–Crippen MR) is 108 cm³/mol. The minimum absolute atomic E-state index is 0.0709. The molecule has 3 N–H and O–H groups in total. The van der Waals surface area contributed by atoms with E-state index in [0.717, 1.165) is 36.9 Å². The minimum Gasteiger partial charge on any atom is -0.368 e. The smallest absolute Gasteiger partial charge is 0.323 e. The third-order valence-corrected chi connectivity index (χ3v) is 5.05. The third-order valence-electron chi connectivity index (χ3n) is 4.73. The minimum atomic E-state index is -0.259. The van der Waals surface area contributed by atoms with Crippen molar-refractivity contribution in [2.24, 2.45) is 0 Å². The number of H-pyrrole nitrogens is 2. The molecule has 1 fully saturated rings. The molecule has 1 amide bonds. The molecule has 0 saturated carbocycles. The van der Waals surface area contributed by atoms with Gasteiger partial charge in [-0.3, -0.25) is 9.69 Å². The van der Waals surface area contributed by atoms with Crippen LogP contribution in [0.5, 0.6) is 0 Å². The molecule has 1 aliphatic rings. The lowest BCUT2D eigenvalue weighted by molar-refractivity contribution is -0.117. The van der Waals surface area contributed by atoms with Gasteiger partial charge in [0.25, 0.3) is 0 Å². The van der Waals surface area contributed by atoms with Crippen LogP contribution in [-0.4, -0.2) is 53.5 Å². The van der Waals surface area contributed by atoms with Crippen molar-refractivity contribution in [2.45, 2.75) is 0 Å². The fraction of sp³-hybridized carbons (Fsp3) is 0.263. The standard InChI is InChI=1S/C19H20ClN5O2/c20-14-3-1-2-4-17(14)25-9-7-24(8-10-25)12-18(26)21-13-5-6-15-16(11-13)23-19(27)22-15/h1-6,11H,7-10,12H2,(H,21,26)(H2,22,23,27). The summed E-state index contributed by atoms with van der Waals surface area (Å²) in [6.45, 7) is 3.57. The second kappa shape index (κ2) is 7.46. The molecule has 27 heavy (non-hydrogen) atoms. The number of rotatable bonds is 4. The van der Waals surface area contributed by atoms with Gasteiger partial charge < -0.3 is 20.2 Å². The lowest BCUT2D eigenvalue weighted by Crippen LogP contribution is -2.48. The van der Waals surface area contributed by atoms with E-state index in [0.29, 0.717) is 23.3 Å². The highest BCUT2D eigenvalue weighted by atomic mass is 35.5. The number of hydrogen-bond donors (Lipinski definition) is 3. The van der Waals surface area contributed by atoms with E-state index < -0.39 is 0 Å². The Bertz CT molecular complexity index is 1020. The molecule has 4 rings (SSSR count). The van der Waals surface area contributed by atoms with Crippen LogP contribution in [0.1, 0.15) is 0 Å². The number of benzene rings is 2. The largest absolute Gasteiger partial charge is 0.368 e. The van der Waals surface area contributed by atoms with Gasteiger partial charge in [-0.1, -0.05) is 23.7 Å². The van der Waals surface area contributed by atoms with Crippen molar-refractivity contribution in [3.8, 4) is 0 Å². The summed E-state index contributed by atoms with van der Waals surface area (Å²) in [5, 5.41) is 3.64. The molecule has 0 radical (unpaired) electrons. The maximum Gasteiger partial charge on any atom is 0.323 e. The molecule has 0 bridgehead atoms. The fourth-order valence-corrected chi connectivity index (χ4v) is 3.62. The summed E-state index contributed by atoms with van der Waals surface area (Å²) in [7, 11) is 0. The molecule has 1 aliphatic heterocycles. The second-order valence-corrected chi connectivity index (χ2v) is 7.01. The number of halogens is 1. The number of para-hydroxylation sites is 1. The van der Waals surface area contributed by atoms with Crippen LogP contribution in [0.3, 0.4) is 0 Å². The number of carbonyl (C=O) groups excluding carboxylic acids is 1. The Morgan fingerprint density at radius 1 is 1.04 bits per heavy atom. The second-order valence-electron chi connectivity index (χ2n) is 6.60. The quantitative estimate of drug-likeness (QED) is 0.643. The average Bonchev–Trinajstić information content (AvgIpc) is 3.02. The van der Waals surface area contributed by atoms with Gasteiger partial charge in [0.2, 0.25) is 5.91 Å². The molecular formula is C19H20ClN5O2. The van der Waals surface area contributed by atoms with Crippen LogP contribution in [0.25, 0.3) is 11.0 Å². The molecule has 0 atom stereocenters. The number of imidazole rings is 1. The molecule has 3 aromatic rings. The Labute approximate surface area is 160 Å². The van der Waals surface area contributed by atoms with Gasteiger partial charge in [0.05, 0.1) is 28.3 Å². The van der Waals surface area contributed by atoms with Crippen LogP contribution in [0.4, 0.5) is 11.4 Å². The Morgan fingerprint density at radius 2 is 1.78 bits per heavy atom. The summed E-state index contributed by atoms with van der Waals surface area (Å²) < 4.78 is 0. The third kappa shape index (κ3) is 3.99. The molecule has 1 saturated heterocycles. The first-order valence-electron chi connectivity index (χ1n) is 8.82. The number of nitrogens with zero attached hydrogens (tertiary/aromatic N) is 2. The number of aromatic nitrogens is 2. The summed E-state index contributed by atoms with van der Waals surface area (Å²) >= 11 is 6.27. The molecule has 2 heterocycles. The fourth-order valence-electron chi connectivity index (χ4n) is 3.37. The number of nitrogens with one attached hydrogen (secondary N) is 3. The summed E-state index contributed by atoms with van der Waals surface area (Å²) in [5.41, 5.74) is 2.83. The highest BCUT2D eigenvalue weighted by molar-refractivity contribution is 6.33. The van der Waals surface area contributed by atoms with Gasteiger partial charge in [0, 0.05) is 31.9 Å². The van der Waals surface area contributed by atoms with Gasteiger partial charge in [-0.05, 0) is 30.3 Å². The summed E-state index contributed by atoms with van der Waals surface area (Å²) in [6.07, 6.45) is 0. The van der Waals surface area contributed by atoms with Crippen LogP contribution in [-0.2, 0) is 4.79 Å². The zero-order valence-corrected chi connectivity index (χ0v) is 15.4. The first kappa shape index (κ1) is 17.6. The molecular weight excluding hydrogens is 366 g/mol. The lowest BCUT2D eigenvalue weighted by atomic mass is 10.2. The molecule has 7 nitrogen and oxygen atoms in total. The first-order valence-corrected chi connectivity index (χ1v) is 9.20. The lowest BCUT2D eigenvalue weighted by Gasteiger charge is -2.36. The van der Waals surface area contributed by atoms with E-state index in [1.807, 2.05) is 24.3 Å². The van der Waals surface area contributed by atoms with E-state index in [1.165, 1.54) is 0 Å². The normalized spacial score (nSPS) is 15.2. The maximum atomic E-state index is 12.4. The Kier molecular flexibility index (Phi) is 4.87. The van der Waals surface area contributed by atoms with E-state index >= 15 is 0 Å². The van der Waals surface area contributed by atoms with Gasteiger partial charge >= 0.3 is 5.69 Å². The number of piperazine rings is 1. The number of carbonyl (C=O) groups is 1. The van der Waals surface area contributed by atoms with E-state index in [4.69, 9.17) is 11.6 Å². The van der Waals surface area contributed by atoms with Crippen molar-refractivity contribution < 1.29 is 4.79 Å². The van der Waals surface area contributed by atoms with E-state index in [1.54, 1.807) is 18.2 Å². The van der Waals surface area contributed by atoms with E-state index in [2.05, 4.69) is 25.1 Å². The number of fused-ring (bicyclic) bond motifs is 1. The zero-order valence-electron chi connectivity index (χ0n) is 14.7. The molecule has 0 unspecified atom stereocenters. The Balaban J connectivity index is 1.32. The Morgan fingerprint density at radius 3 is 2.56 bits per heavy atom. The SMILES string of the molecule is O=C(CN1CCN(c2ccccc2Cl)CC1)Nc1ccc2[nH]c(=O)[nH]c2c1.